The van der Waals surface area contributed by atoms with Gasteiger partial charge in [-0.05, 0) is 45.4 Å². The lowest BCUT2D eigenvalue weighted by Gasteiger charge is -2.31. The summed E-state index contributed by atoms with van der Waals surface area (Å²) in [4.78, 5) is 39.1. The average Bonchev–Trinajstić information content (AvgIpc) is 2.78. The molecule has 0 saturated heterocycles. The van der Waals surface area contributed by atoms with Gasteiger partial charge in [0.05, 0.1) is 13.2 Å². The van der Waals surface area contributed by atoms with E-state index in [0.717, 1.165) is 0 Å². The number of hydrogen-bond donors (Lipinski definition) is 1. The van der Waals surface area contributed by atoms with Crippen molar-refractivity contribution in [2.45, 2.75) is 79.0 Å². The Bertz CT molecular complexity index is 590. The third-order valence-electron chi connectivity index (χ3n) is 4.01. The van der Waals surface area contributed by atoms with Crippen LogP contribution in [0.2, 0.25) is 0 Å². The highest BCUT2D eigenvalue weighted by Gasteiger charge is 2.41. The van der Waals surface area contributed by atoms with Crippen molar-refractivity contribution in [3.8, 4) is 0 Å². The van der Waals surface area contributed by atoms with Crippen molar-refractivity contribution in [2.24, 2.45) is 11.8 Å². The van der Waals surface area contributed by atoms with E-state index in [1.807, 2.05) is 27.7 Å². The monoisotopic (exact) mass is 382 g/mol. The molecule has 154 valence electrons. The van der Waals surface area contributed by atoms with Crippen LogP contribution in [0.5, 0.6) is 0 Å². The van der Waals surface area contributed by atoms with Crippen LogP contribution in [0.4, 0.5) is 4.79 Å². The van der Waals surface area contributed by atoms with Crippen LogP contribution in [0, 0.1) is 11.8 Å². The summed E-state index contributed by atoms with van der Waals surface area (Å²) < 4.78 is 10.6. The van der Waals surface area contributed by atoms with Crippen molar-refractivity contribution in [3.63, 3.8) is 0 Å². The summed E-state index contributed by atoms with van der Waals surface area (Å²) in [6.45, 7) is 13.2. The van der Waals surface area contributed by atoms with Gasteiger partial charge in [-0.25, -0.2) is 4.79 Å². The minimum atomic E-state index is -0.844. The third-order valence-corrected chi connectivity index (χ3v) is 4.01. The number of alkyl carbamates (subject to hydrolysis) is 1. The van der Waals surface area contributed by atoms with Gasteiger partial charge in [0.2, 0.25) is 0 Å². The maximum atomic E-state index is 13.2. The molecule has 0 aliphatic carbocycles. The molecular formula is C20H34N2O5. The standard InChI is InChI=1S/C20H34N2O5/c1-12(2)9-14(21-19(25)27-20(5,6)7)18(24)22-15(10-13(3)4)16(26-8)11-17(22)23/h11-15H,9-10H2,1-8H3,(H,21,25)/t14-,15?/m1/s1. The normalized spacial score (nSPS) is 18.6. The maximum Gasteiger partial charge on any atom is 0.408 e. The van der Waals surface area contributed by atoms with E-state index in [1.54, 1.807) is 20.8 Å². The molecule has 1 aliphatic heterocycles. The van der Waals surface area contributed by atoms with Crippen molar-refractivity contribution >= 4 is 17.9 Å². The first-order valence-electron chi connectivity index (χ1n) is 9.47. The fraction of sp³-hybridized carbons (Fsp3) is 0.750. The van der Waals surface area contributed by atoms with Crippen LogP contribution in [-0.2, 0) is 19.1 Å². The Morgan fingerprint density at radius 2 is 1.78 bits per heavy atom. The lowest BCUT2D eigenvalue weighted by molar-refractivity contribution is -0.145. The Morgan fingerprint density at radius 3 is 2.22 bits per heavy atom. The Hall–Kier alpha value is -2.05. The summed E-state index contributed by atoms with van der Waals surface area (Å²) in [5.41, 5.74) is -0.677. The molecule has 0 aromatic rings. The molecule has 1 aliphatic rings. The third kappa shape index (κ3) is 6.88. The maximum absolute atomic E-state index is 13.2. The van der Waals surface area contributed by atoms with Gasteiger partial charge in [0.15, 0.2) is 0 Å². The molecule has 1 heterocycles. The number of ether oxygens (including phenoxy) is 2. The summed E-state index contributed by atoms with van der Waals surface area (Å²) in [5, 5.41) is 2.64. The van der Waals surface area contributed by atoms with Gasteiger partial charge in [-0.3, -0.25) is 14.5 Å². The van der Waals surface area contributed by atoms with Crippen LogP contribution in [-0.4, -0.2) is 47.6 Å². The molecule has 27 heavy (non-hydrogen) atoms. The van der Waals surface area contributed by atoms with Gasteiger partial charge in [0.25, 0.3) is 11.8 Å². The molecule has 0 spiro atoms. The first kappa shape index (κ1) is 23.0. The van der Waals surface area contributed by atoms with Crippen molar-refractivity contribution < 1.29 is 23.9 Å². The zero-order chi connectivity index (χ0) is 20.9. The van der Waals surface area contributed by atoms with Crippen LogP contribution < -0.4 is 5.32 Å². The number of rotatable bonds is 7. The fourth-order valence-corrected chi connectivity index (χ4v) is 3.00. The van der Waals surface area contributed by atoms with Crippen molar-refractivity contribution in [3.05, 3.63) is 11.8 Å². The molecule has 0 bridgehead atoms. The second kappa shape index (κ2) is 9.24. The van der Waals surface area contributed by atoms with Crippen LogP contribution in [0.3, 0.4) is 0 Å². The van der Waals surface area contributed by atoms with Crippen LogP contribution in [0.15, 0.2) is 11.8 Å². The molecule has 0 radical (unpaired) electrons. The molecule has 1 N–H and O–H groups in total. The van der Waals surface area contributed by atoms with Crippen molar-refractivity contribution in [1.29, 1.82) is 0 Å². The second-order valence-electron chi connectivity index (χ2n) is 8.77. The number of nitrogens with one attached hydrogen (secondary N) is 1. The van der Waals surface area contributed by atoms with E-state index in [-0.39, 0.29) is 11.8 Å². The molecule has 7 heteroatoms. The quantitative estimate of drug-likeness (QED) is 0.731. The second-order valence-corrected chi connectivity index (χ2v) is 8.77. The zero-order valence-corrected chi connectivity index (χ0v) is 17.8. The summed E-state index contributed by atoms with van der Waals surface area (Å²) in [5.74, 6) is 0.0282. The molecule has 3 amide bonds. The average molecular weight is 383 g/mol. The number of carbonyl (C=O) groups is 3. The highest BCUT2D eigenvalue weighted by Crippen LogP contribution is 2.27. The topological polar surface area (TPSA) is 84.9 Å². The van der Waals surface area contributed by atoms with Gasteiger partial charge >= 0.3 is 6.09 Å². The number of methoxy groups -OCH3 is 1. The van der Waals surface area contributed by atoms with E-state index in [4.69, 9.17) is 9.47 Å². The summed E-state index contributed by atoms with van der Waals surface area (Å²) in [6.07, 6.45) is 1.68. The Kier molecular flexibility index (Phi) is 7.87. The Labute approximate surface area is 162 Å². The summed E-state index contributed by atoms with van der Waals surface area (Å²) in [6, 6.07) is -1.30. The first-order chi connectivity index (χ1) is 12.4. The molecule has 0 saturated carbocycles. The number of imide groups is 1. The van der Waals surface area contributed by atoms with Gasteiger partial charge in [-0.2, -0.15) is 0 Å². The summed E-state index contributed by atoms with van der Waals surface area (Å²) >= 11 is 0. The van der Waals surface area contributed by atoms with Gasteiger partial charge in [0, 0.05) is 6.08 Å². The number of carbonyl (C=O) groups excluding carboxylic acids is 3. The van der Waals surface area contributed by atoms with Gasteiger partial charge in [-0.15, -0.1) is 0 Å². The van der Waals surface area contributed by atoms with E-state index >= 15 is 0 Å². The van der Waals surface area contributed by atoms with Crippen molar-refractivity contribution in [2.75, 3.05) is 7.11 Å². The van der Waals surface area contributed by atoms with Crippen LogP contribution in [0.1, 0.15) is 61.3 Å². The predicted molar refractivity (Wildman–Crippen MR) is 103 cm³/mol. The lowest BCUT2D eigenvalue weighted by atomic mass is 9.99. The molecule has 0 aromatic heterocycles. The molecule has 0 fully saturated rings. The highest BCUT2D eigenvalue weighted by atomic mass is 16.6. The highest BCUT2D eigenvalue weighted by molar-refractivity contribution is 6.06. The Balaban J connectivity index is 3.05. The van der Waals surface area contributed by atoms with Crippen molar-refractivity contribution in [1.82, 2.24) is 10.2 Å². The molecule has 7 nitrogen and oxygen atoms in total. The van der Waals surface area contributed by atoms with E-state index in [9.17, 15) is 14.4 Å². The van der Waals surface area contributed by atoms with Gasteiger partial charge < -0.3 is 14.8 Å². The fourth-order valence-electron chi connectivity index (χ4n) is 3.00. The molecule has 0 aromatic carbocycles. The largest absolute Gasteiger partial charge is 0.499 e. The summed E-state index contributed by atoms with van der Waals surface area (Å²) in [7, 11) is 1.49. The molecular weight excluding hydrogens is 348 g/mol. The lowest BCUT2D eigenvalue weighted by Crippen LogP contribution is -2.53. The van der Waals surface area contributed by atoms with Crippen LogP contribution in [0.25, 0.3) is 0 Å². The minimum absolute atomic E-state index is 0.144. The zero-order valence-electron chi connectivity index (χ0n) is 17.8. The SMILES string of the molecule is COC1=CC(=O)N(C(=O)[C@@H](CC(C)C)NC(=O)OC(C)(C)C)C1CC(C)C. The Morgan fingerprint density at radius 1 is 1.19 bits per heavy atom. The van der Waals surface area contributed by atoms with Gasteiger partial charge in [-0.1, -0.05) is 27.7 Å². The van der Waals surface area contributed by atoms with Gasteiger partial charge in [0.1, 0.15) is 17.4 Å². The molecule has 1 rings (SSSR count). The van der Waals surface area contributed by atoms with E-state index in [2.05, 4.69) is 5.32 Å². The predicted octanol–water partition coefficient (Wildman–Crippen LogP) is 3.24. The first-order valence-corrected chi connectivity index (χ1v) is 9.47. The van der Waals surface area contributed by atoms with E-state index in [0.29, 0.717) is 18.6 Å². The smallest absolute Gasteiger partial charge is 0.408 e. The number of amides is 3. The minimum Gasteiger partial charge on any atom is -0.499 e. The number of hydrogen-bond acceptors (Lipinski definition) is 5. The molecule has 2 atom stereocenters. The van der Waals surface area contributed by atoms with E-state index in [1.165, 1.54) is 18.1 Å². The number of nitrogens with zero attached hydrogens (tertiary/aromatic N) is 1. The van der Waals surface area contributed by atoms with E-state index < -0.39 is 35.6 Å². The van der Waals surface area contributed by atoms with Crippen LogP contribution >= 0.6 is 0 Å². The molecule has 1 unspecified atom stereocenters.